The molecule has 6 nitrogen and oxygen atoms in total. The van der Waals surface area contributed by atoms with Crippen molar-refractivity contribution in [2.24, 2.45) is 5.92 Å². The second-order valence-corrected chi connectivity index (χ2v) is 6.49. The summed E-state index contributed by atoms with van der Waals surface area (Å²) in [6.45, 7) is 0. The molecule has 0 radical (unpaired) electrons. The van der Waals surface area contributed by atoms with E-state index in [0.29, 0.717) is 17.9 Å². The lowest BCUT2D eigenvalue weighted by molar-refractivity contribution is 0.443. The average Bonchev–Trinajstić information content (AvgIpc) is 3.35. The van der Waals surface area contributed by atoms with Crippen molar-refractivity contribution in [3.8, 4) is 11.3 Å². The van der Waals surface area contributed by atoms with Gasteiger partial charge in [-0.3, -0.25) is 0 Å². The maximum atomic E-state index is 4.69. The second-order valence-electron chi connectivity index (χ2n) is 6.49. The van der Waals surface area contributed by atoms with Gasteiger partial charge in [-0.2, -0.15) is 0 Å². The zero-order valence-electron chi connectivity index (χ0n) is 13.4. The average molecular weight is 310 g/mol. The molecule has 0 amide bonds. The molecule has 2 aliphatic rings. The van der Waals surface area contributed by atoms with E-state index in [-0.39, 0.29) is 0 Å². The second kappa shape index (κ2) is 6.10. The normalized spacial score (nSPS) is 17.6. The maximum absolute atomic E-state index is 4.69. The first kappa shape index (κ1) is 14.4. The van der Waals surface area contributed by atoms with Crippen LogP contribution in [0.2, 0.25) is 0 Å². The molecule has 0 aromatic carbocycles. The van der Waals surface area contributed by atoms with Crippen LogP contribution >= 0.6 is 0 Å². The highest BCUT2D eigenvalue weighted by Gasteiger charge is 2.25. The Labute approximate surface area is 136 Å². The Bertz CT molecular complexity index is 693. The van der Waals surface area contributed by atoms with Crippen LogP contribution in [0, 0.1) is 5.92 Å². The van der Waals surface area contributed by atoms with E-state index < -0.39 is 0 Å². The van der Waals surface area contributed by atoms with Gasteiger partial charge in [-0.1, -0.05) is 0 Å². The van der Waals surface area contributed by atoms with E-state index >= 15 is 0 Å². The van der Waals surface area contributed by atoms with Gasteiger partial charge in [0, 0.05) is 31.0 Å². The van der Waals surface area contributed by atoms with Gasteiger partial charge in [0.25, 0.3) is 0 Å². The molecule has 2 fully saturated rings. The standard InChI is InChI=1S/C17H22N6/c1-18-16-20-10-13(15(23-16)9-11-5-6-11)14-7-8-19-17(22-14)21-12-3-2-4-12/h7-8,10-12H,2-6,9H2,1H3,(H,18,20,23)(H,19,21,22). The van der Waals surface area contributed by atoms with Crippen LogP contribution in [-0.4, -0.2) is 33.0 Å². The van der Waals surface area contributed by atoms with Crippen LogP contribution in [-0.2, 0) is 6.42 Å². The highest BCUT2D eigenvalue weighted by Crippen LogP contribution is 2.35. The van der Waals surface area contributed by atoms with Crippen LogP contribution in [0.5, 0.6) is 0 Å². The molecule has 0 aliphatic heterocycles. The molecule has 4 rings (SSSR count). The van der Waals surface area contributed by atoms with Crippen LogP contribution < -0.4 is 10.6 Å². The Morgan fingerprint density at radius 1 is 1.09 bits per heavy atom. The largest absolute Gasteiger partial charge is 0.357 e. The number of aromatic nitrogens is 4. The van der Waals surface area contributed by atoms with E-state index in [2.05, 4.69) is 30.6 Å². The Balaban J connectivity index is 1.63. The number of rotatable bonds is 6. The van der Waals surface area contributed by atoms with E-state index in [9.17, 15) is 0 Å². The summed E-state index contributed by atoms with van der Waals surface area (Å²) in [6, 6.07) is 2.47. The zero-order valence-corrected chi connectivity index (χ0v) is 13.4. The van der Waals surface area contributed by atoms with Gasteiger partial charge >= 0.3 is 0 Å². The monoisotopic (exact) mass is 310 g/mol. The molecule has 0 atom stereocenters. The van der Waals surface area contributed by atoms with E-state index in [1.807, 2.05) is 25.5 Å². The van der Waals surface area contributed by atoms with Crippen LogP contribution in [0.4, 0.5) is 11.9 Å². The SMILES string of the molecule is CNc1ncc(-c2ccnc(NC3CCC3)n2)c(CC2CC2)n1. The van der Waals surface area contributed by atoms with Gasteiger partial charge in [-0.25, -0.2) is 19.9 Å². The number of hydrogen-bond donors (Lipinski definition) is 2. The summed E-state index contributed by atoms with van der Waals surface area (Å²) < 4.78 is 0. The van der Waals surface area contributed by atoms with Crippen molar-refractivity contribution >= 4 is 11.9 Å². The highest BCUT2D eigenvalue weighted by molar-refractivity contribution is 5.63. The Hall–Kier alpha value is -2.24. The topological polar surface area (TPSA) is 75.6 Å². The molecule has 2 heterocycles. The minimum Gasteiger partial charge on any atom is -0.357 e. The molecule has 0 spiro atoms. The zero-order chi connectivity index (χ0) is 15.6. The summed E-state index contributed by atoms with van der Waals surface area (Å²) in [5.74, 6) is 2.15. The highest BCUT2D eigenvalue weighted by atomic mass is 15.1. The van der Waals surface area contributed by atoms with Gasteiger partial charge in [0.2, 0.25) is 11.9 Å². The minimum absolute atomic E-state index is 0.527. The Morgan fingerprint density at radius 3 is 2.65 bits per heavy atom. The van der Waals surface area contributed by atoms with Crippen LogP contribution in [0.15, 0.2) is 18.5 Å². The third-order valence-corrected chi connectivity index (χ3v) is 4.64. The fourth-order valence-electron chi connectivity index (χ4n) is 2.82. The minimum atomic E-state index is 0.527. The van der Waals surface area contributed by atoms with Gasteiger partial charge < -0.3 is 10.6 Å². The lowest BCUT2D eigenvalue weighted by atomic mass is 9.93. The molecule has 6 heteroatoms. The first-order valence-electron chi connectivity index (χ1n) is 8.45. The van der Waals surface area contributed by atoms with Gasteiger partial charge in [-0.15, -0.1) is 0 Å². The number of nitrogens with one attached hydrogen (secondary N) is 2. The third kappa shape index (κ3) is 3.25. The molecule has 2 N–H and O–H groups in total. The van der Waals surface area contributed by atoms with Crippen molar-refractivity contribution in [2.75, 3.05) is 17.7 Å². The first-order valence-corrected chi connectivity index (χ1v) is 8.45. The van der Waals surface area contributed by atoms with Crippen molar-refractivity contribution in [3.05, 3.63) is 24.2 Å². The van der Waals surface area contributed by atoms with E-state index in [1.165, 1.54) is 32.1 Å². The molecule has 0 unspecified atom stereocenters. The summed E-state index contributed by atoms with van der Waals surface area (Å²) >= 11 is 0. The molecule has 23 heavy (non-hydrogen) atoms. The van der Waals surface area contributed by atoms with Gasteiger partial charge in [0.15, 0.2) is 0 Å². The van der Waals surface area contributed by atoms with Gasteiger partial charge in [-0.05, 0) is 50.5 Å². The van der Waals surface area contributed by atoms with E-state index in [4.69, 9.17) is 0 Å². The van der Waals surface area contributed by atoms with Crippen LogP contribution in [0.3, 0.4) is 0 Å². The Kier molecular flexibility index (Phi) is 3.81. The lowest BCUT2D eigenvalue weighted by Crippen LogP contribution is -2.28. The lowest BCUT2D eigenvalue weighted by Gasteiger charge is -2.26. The number of nitrogens with zero attached hydrogens (tertiary/aromatic N) is 4. The molecule has 2 saturated carbocycles. The fraction of sp³-hybridized carbons (Fsp3) is 0.529. The maximum Gasteiger partial charge on any atom is 0.223 e. The van der Waals surface area contributed by atoms with Crippen molar-refractivity contribution in [1.29, 1.82) is 0 Å². The summed E-state index contributed by atoms with van der Waals surface area (Å²) in [7, 11) is 1.85. The molecule has 2 aliphatic carbocycles. The summed E-state index contributed by atoms with van der Waals surface area (Å²) in [4.78, 5) is 18.1. The predicted molar refractivity (Wildman–Crippen MR) is 90.3 cm³/mol. The van der Waals surface area contributed by atoms with Crippen LogP contribution in [0.25, 0.3) is 11.3 Å². The van der Waals surface area contributed by atoms with Crippen molar-refractivity contribution < 1.29 is 0 Å². The molecule has 2 aromatic heterocycles. The van der Waals surface area contributed by atoms with E-state index in [0.717, 1.165) is 29.3 Å². The first-order chi connectivity index (χ1) is 11.3. The van der Waals surface area contributed by atoms with Gasteiger partial charge in [0.1, 0.15) is 0 Å². The summed E-state index contributed by atoms with van der Waals surface area (Å²) in [6.07, 6.45) is 11.0. The van der Waals surface area contributed by atoms with Crippen LogP contribution in [0.1, 0.15) is 37.8 Å². The number of hydrogen-bond acceptors (Lipinski definition) is 6. The van der Waals surface area contributed by atoms with Crippen molar-refractivity contribution in [2.45, 2.75) is 44.6 Å². The van der Waals surface area contributed by atoms with Gasteiger partial charge in [0.05, 0.1) is 11.4 Å². The van der Waals surface area contributed by atoms with E-state index in [1.54, 1.807) is 0 Å². The van der Waals surface area contributed by atoms with Crippen molar-refractivity contribution in [3.63, 3.8) is 0 Å². The molecular formula is C17H22N6. The quantitative estimate of drug-likeness (QED) is 0.854. The smallest absolute Gasteiger partial charge is 0.223 e. The fourth-order valence-corrected chi connectivity index (χ4v) is 2.82. The molecular weight excluding hydrogens is 288 g/mol. The Morgan fingerprint density at radius 2 is 1.96 bits per heavy atom. The summed E-state index contributed by atoms with van der Waals surface area (Å²) in [5, 5.41) is 6.43. The van der Waals surface area contributed by atoms with Crippen molar-refractivity contribution in [1.82, 2.24) is 19.9 Å². The third-order valence-electron chi connectivity index (χ3n) is 4.64. The summed E-state index contributed by atoms with van der Waals surface area (Å²) in [5.41, 5.74) is 3.01. The molecule has 0 bridgehead atoms. The molecule has 120 valence electrons. The number of anilines is 2. The predicted octanol–water partition coefficient (Wildman–Crippen LogP) is 2.89. The molecule has 2 aromatic rings. The molecule has 0 saturated heterocycles.